The minimum absolute atomic E-state index is 0.0874. The number of rotatable bonds is 1. The Morgan fingerprint density at radius 1 is 1.42 bits per heavy atom. The van der Waals surface area contributed by atoms with Gasteiger partial charge in [0.15, 0.2) is 11.5 Å². The fourth-order valence-corrected chi connectivity index (χ4v) is 0.675. The van der Waals surface area contributed by atoms with Gasteiger partial charge >= 0.3 is 6.16 Å². The number of ether oxygens (including phenoxy) is 2. The number of carbonyl (C=O) groups is 1. The summed E-state index contributed by atoms with van der Waals surface area (Å²) in [5, 5.41) is 9.12. The summed E-state index contributed by atoms with van der Waals surface area (Å²) in [6, 6.07) is 6.14. The van der Waals surface area contributed by atoms with Crippen LogP contribution in [-0.4, -0.2) is 18.4 Å². The molecule has 12 heavy (non-hydrogen) atoms. The van der Waals surface area contributed by atoms with Crippen molar-refractivity contribution in [1.82, 2.24) is 0 Å². The first kappa shape index (κ1) is 8.39. The Bertz CT molecular complexity index is 282. The number of hydrogen-bond acceptors (Lipinski definition) is 4. The average Bonchev–Trinajstić information content (AvgIpc) is 2.09. The van der Waals surface area contributed by atoms with E-state index in [1.165, 1.54) is 19.2 Å². The molecule has 1 rings (SSSR count). The molecule has 4 heteroatoms. The first-order valence-corrected chi connectivity index (χ1v) is 3.28. The third kappa shape index (κ3) is 1.88. The van der Waals surface area contributed by atoms with Gasteiger partial charge in [0.2, 0.25) is 0 Å². The van der Waals surface area contributed by atoms with Gasteiger partial charge in [0, 0.05) is 0 Å². The lowest BCUT2D eigenvalue weighted by Gasteiger charge is -2.02. The van der Waals surface area contributed by atoms with Gasteiger partial charge < -0.3 is 14.6 Å². The van der Waals surface area contributed by atoms with Crippen molar-refractivity contribution in [3.63, 3.8) is 0 Å². The van der Waals surface area contributed by atoms with Crippen LogP contribution < -0.4 is 4.74 Å². The first-order chi connectivity index (χ1) is 5.74. The number of carbonyl (C=O) groups excluding carboxylic acids is 1. The number of phenolic OH excluding ortho intramolecular Hbond substituents is 1. The van der Waals surface area contributed by atoms with Crippen LogP contribution in [0.1, 0.15) is 0 Å². The van der Waals surface area contributed by atoms with Crippen LogP contribution >= 0.6 is 0 Å². The minimum atomic E-state index is -0.850. The van der Waals surface area contributed by atoms with Crippen LogP contribution in [0.5, 0.6) is 11.5 Å². The molecular weight excluding hydrogens is 160 g/mol. The number of aromatic hydroxyl groups is 1. The van der Waals surface area contributed by atoms with Gasteiger partial charge in [-0.2, -0.15) is 0 Å². The van der Waals surface area contributed by atoms with Gasteiger partial charge in [-0.15, -0.1) is 0 Å². The molecule has 0 amide bonds. The van der Waals surface area contributed by atoms with E-state index in [0.717, 1.165) is 0 Å². The molecule has 0 radical (unpaired) electrons. The predicted octanol–water partition coefficient (Wildman–Crippen LogP) is 1.54. The van der Waals surface area contributed by atoms with Gasteiger partial charge in [-0.1, -0.05) is 12.1 Å². The van der Waals surface area contributed by atoms with Gasteiger partial charge in [0.05, 0.1) is 7.11 Å². The molecule has 0 atom stereocenters. The molecule has 0 aliphatic rings. The van der Waals surface area contributed by atoms with Gasteiger partial charge in [-0.3, -0.25) is 0 Å². The Labute approximate surface area is 69.3 Å². The number of phenols is 1. The highest BCUT2D eigenvalue weighted by Gasteiger charge is 2.06. The maximum atomic E-state index is 10.6. The van der Waals surface area contributed by atoms with Crippen LogP contribution in [0.2, 0.25) is 0 Å². The van der Waals surface area contributed by atoms with Crippen LogP contribution in [0.3, 0.4) is 0 Å². The molecule has 0 fully saturated rings. The van der Waals surface area contributed by atoms with Crippen molar-refractivity contribution in [2.24, 2.45) is 0 Å². The maximum Gasteiger partial charge on any atom is 0.513 e. The molecule has 0 saturated carbocycles. The molecule has 4 nitrogen and oxygen atoms in total. The van der Waals surface area contributed by atoms with Crippen LogP contribution in [0.15, 0.2) is 24.3 Å². The van der Waals surface area contributed by atoms with E-state index in [1.807, 2.05) is 0 Å². The number of methoxy groups -OCH3 is 1. The summed E-state index contributed by atoms with van der Waals surface area (Å²) in [4.78, 5) is 10.6. The normalized spacial score (nSPS) is 9.08. The zero-order valence-corrected chi connectivity index (χ0v) is 6.48. The Balaban J connectivity index is 2.75. The quantitative estimate of drug-likeness (QED) is 0.510. The highest BCUT2D eigenvalue weighted by Crippen LogP contribution is 2.24. The number of benzene rings is 1. The van der Waals surface area contributed by atoms with E-state index < -0.39 is 6.16 Å². The fraction of sp³-hybridized carbons (Fsp3) is 0.125. The summed E-state index contributed by atoms with van der Waals surface area (Å²) in [6.45, 7) is 0. The molecule has 64 valence electrons. The smallest absolute Gasteiger partial charge is 0.504 e. The second-order valence-electron chi connectivity index (χ2n) is 2.02. The van der Waals surface area contributed by atoms with E-state index in [2.05, 4.69) is 9.47 Å². The molecule has 0 aromatic heterocycles. The van der Waals surface area contributed by atoms with Crippen molar-refractivity contribution in [3.05, 3.63) is 24.3 Å². The third-order valence-corrected chi connectivity index (χ3v) is 1.23. The highest BCUT2D eigenvalue weighted by atomic mass is 16.7. The molecular formula is C8H8O4. The number of para-hydroxylation sites is 2. The van der Waals surface area contributed by atoms with Crippen LogP contribution in [0, 0.1) is 0 Å². The van der Waals surface area contributed by atoms with E-state index in [1.54, 1.807) is 12.1 Å². The largest absolute Gasteiger partial charge is 0.513 e. The molecule has 0 heterocycles. The van der Waals surface area contributed by atoms with Crippen molar-refractivity contribution >= 4 is 6.16 Å². The van der Waals surface area contributed by atoms with Gasteiger partial charge in [-0.25, -0.2) is 4.79 Å². The summed E-state index contributed by atoms with van der Waals surface area (Å²) < 4.78 is 8.82. The number of hydrogen-bond donors (Lipinski definition) is 1. The van der Waals surface area contributed by atoms with Crippen molar-refractivity contribution < 1.29 is 19.4 Å². The van der Waals surface area contributed by atoms with E-state index in [4.69, 9.17) is 5.11 Å². The Morgan fingerprint density at radius 2 is 2.08 bits per heavy atom. The molecule has 0 saturated heterocycles. The zero-order chi connectivity index (χ0) is 8.97. The fourth-order valence-electron chi connectivity index (χ4n) is 0.675. The van der Waals surface area contributed by atoms with Crippen molar-refractivity contribution in [2.45, 2.75) is 0 Å². The second-order valence-corrected chi connectivity index (χ2v) is 2.02. The molecule has 1 aromatic rings. The van der Waals surface area contributed by atoms with Crippen molar-refractivity contribution in [2.75, 3.05) is 7.11 Å². The van der Waals surface area contributed by atoms with Gasteiger partial charge in [0.25, 0.3) is 0 Å². The zero-order valence-electron chi connectivity index (χ0n) is 6.48. The lowest BCUT2D eigenvalue weighted by molar-refractivity contribution is 0.120. The summed E-state index contributed by atoms with van der Waals surface area (Å²) in [7, 11) is 1.20. The Hall–Kier alpha value is -1.71. The van der Waals surface area contributed by atoms with Crippen LogP contribution in [-0.2, 0) is 4.74 Å². The molecule has 0 spiro atoms. The molecule has 0 aliphatic heterocycles. The molecule has 0 aliphatic carbocycles. The van der Waals surface area contributed by atoms with E-state index in [9.17, 15) is 4.79 Å². The van der Waals surface area contributed by atoms with E-state index in [0.29, 0.717) is 0 Å². The monoisotopic (exact) mass is 168 g/mol. The van der Waals surface area contributed by atoms with Crippen molar-refractivity contribution in [3.8, 4) is 11.5 Å². The van der Waals surface area contributed by atoms with Crippen molar-refractivity contribution in [1.29, 1.82) is 0 Å². The Morgan fingerprint density at radius 3 is 2.67 bits per heavy atom. The summed E-state index contributed by atoms with van der Waals surface area (Å²) >= 11 is 0. The maximum absolute atomic E-state index is 10.6. The Kier molecular flexibility index (Phi) is 2.53. The van der Waals surface area contributed by atoms with E-state index >= 15 is 0 Å². The molecule has 0 bridgehead atoms. The molecule has 0 unspecified atom stereocenters. The first-order valence-electron chi connectivity index (χ1n) is 3.28. The summed E-state index contributed by atoms with van der Waals surface area (Å²) in [5.41, 5.74) is 0. The third-order valence-electron chi connectivity index (χ3n) is 1.23. The van der Waals surface area contributed by atoms with Gasteiger partial charge in [0.1, 0.15) is 0 Å². The lowest BCUT2D eigenvalue weighted by Crippen LogP contribution is -2.07. The predicted molar refractivity (Wildman–Crippen MR) is 41.1 cm³/mol. The topological polar surface area (TPSA) is 55.8 Å². The van der Waals surface area contributed by atoms with E-state index in [-0.39, 0.29) is 11.5 Å². The highest BCUT2D eigenvalue weighted by molar-refractivity contribution is 5.64. The van der Waals surface area contributed by atoms with Gasteiger partial charge in [-0.05, 0) is 12.1 Å². The van der Waals surface area contributed by atoms with Crippen LogP contribution in [0.4, 0.5) is 4.79 Å². The summed E-state index contributed by atoms with van der Waals surface area (Å²) in [5.74, 6) is -0.00718. The lowest BCUT2D eigenvalue weighted by atomic mass is 10.3. The molecule has 1 aromatic carbocycles. The molecule has 1 N–H and O–H groups in total. The average molecular weight is 168 g/mol. The second kappa shape index (κ2) is 3.61. The SMILES string of the molecule is COC(=O)Oc1ccccc1O. The summed E-state index contributed by atoms with van der Waals surface area (Å²) in [6.07, 6.45) is -0.850. The van der Waals surface area contributed by atoms with Crippen LogP contribution in [0.25, 0.3) is 0 Å². The minimum Gasteiger partial charge on any atom is -0.504 e. The standard InChI is InChI=1S/C8H8O4/c1-11-8(10)12-7-5-3-2-4-6(7)9/h2-5,9H,1H3.